The molecule has 0 saturated carbocycles. The molecule has 2 aromatic rings. The highest BCUT2D eigenvalue weighted by atomic mass is 79.9. The zero-order chi connectivity index (χ0) is 14.7. The van der Waals surface area contributed by atoms with E-state index in [-0.39, 0.29) is 11.5 Å². The van der Waals surface area contributed by atoms with Crippen molar-refractivity contribution in [1.82, 2.24) is 0 Å². The van der Waals surface area contributed by atoms with Gasteiger partial charge in [0.25, 0.3) is 5.91 Å². The molecule has 0 fully saturated rings. The number of amides is 1. The van der Waals surface area contributed by atoms with Crippen molar-refractivity contribution in [1.29, 1.82) is 5.26 Å². The van der Waals surface area contributed by atoms with Crippen molar-refractivity contribution in [2.24, 2.45) is 0 Å². The Kier molecular flexibility index (Phi) is 4.42. The number of rotatable bonds is 2. The largest absolute Gasteiger partial charge is 0.322 e. The van der Waals surface area contributed by atoms with Crippen molar-refractivity contribution in [2.45, 2.75) is 4.90 Å². The van der Waals surface area contributed by atoms with Crippen LogP contribution < -0.4 is 5.32 Å². The van der Waals surface area contributed by atoms with Crippen LogP contribution in [0, 0.1) is 17.1 Å². The van der Waals surface area contributed by atoms with Gasteiger partial charge in [0.15, 0.2) is 0 Å². The van der Waals surface area contributed by atoms with Crippen molar-refractivity contribution in [3.05, 3.63) is 57.8 Å². The summed E-state index contributed by atoms with van der Waals surface area (Å²) in [7, 11) is 0. The van der Waals surface area contributed by atoms with Crippen LogP contribution in [0.15, 0.2) is 45.8 Å². The zero-order valence-corrected chi connectivity index (χ0v) is 12.5. The lowest BCUT2D eigenvalue weighted by Gasteiger charge is -2.08. The second kappa shape index (κ2) is 6.07. The molecule has 6 heteroatoms. The van der Waals surface area contributed by atoms with Gasteiger partial charge in [-0.15, -0.1) is 12.6 Å². The number of benzene rings is 2. The van der Waals surface area contributed by atoms with Gasteiger partial charge in [0.1, 0.15) is 11.9 Å². The molecule has 20 heavy (non-hydrogen) atoms. The van der Waals surface area contributed by atoms with Crippen LogP contribution in [-0.4, -0.2) is 5.91 Å². The number of carbonyl (C=O) groups excluding carboxylic acids is 1. The third kappa shape index (κ3) is 3.18. The molecule has 0 aliphatic carbocycles. The fourth-order valence-corrected chi connectivity index (χ4v) is 2.44. The van der Waals surface area contributed by atoms with E-state index in [9.17, 15) is 9.18 Å². The van der Waals surface area contributed by atoms with Gasteiger partial charge in [-0.25, -0.2) is 4.39 Å². The molecule has 0 aliphatic rings. The number of nitrogens with one attached hydrogen (secondary N) is 1. The Labute approximate surface area is 129 Å². The highest BCUT2D eigenvalue weighted by molar-refractivity contribution is 9.10. The van der Waals surface area contributed by atoms with Gasteiger partial charge in [-0.1, -0.05) is 15.9 Å². The first-order valence-corrected chi connectivity index (χ1v) is 6.75. The molecule has 1 N–H and O–H groups in total. The summed E-state index contributed by atoms with van der Waals surface area (Å²) in [6.45, 7) is 0. The third-order valence-corrected chi connectivity index (χ3v) is 3.41. The van der Waals surface area contributed by atoms with Crippen LogP contribution in [0.25, 0.3) is 0 Å². The van der Waals surface area contributed by atoms with Gasteiger partial charge < -0.3 is 5.32 Å². The fraction of sp³-hybridized carbons (Fsp3) is 0. The number of thiol groups is 1. The molecular formula is C14H8BrFN2OS. The molecule has 0 saturated heterocycles. The van der Waals surface area contributed by atoms with Crippen LogP contribution in [-0.2, 0) is 0 Å². The summed E-state index contributed by atoms with van der Waals surface area (Å²) in [4.78, 5) is 12.6. The standard InChI is InChI=1S/C14H8BrFN2OS/c15-9-1-3-11(13(20)6-9)14(19)18-10-2-4-12(16)8(5-10)7-17/h1-6,20H,(H,18,19). The second-order valence-electron chi connectivity index (χ2n) is 3.92. The molecule has 0 spiro atoms. The van der Waals surface area contributed by atoms with E-state index in [0.29, 0.717) is 16.1 Å². The van der Waals surface area contributed by atoms with E-state index >= 15 is 0 Å². The highest BCUT2D eigenvalue weighted by Crippen LogP contribution is 2.21. The Morgan fingerprint density at radius 2 is 2.05 bits per heavy atom. The number of hydrogen-bond donors (Lipinski definition) is 2. The van der Waals surface area contributed by atoms with Crippen molar-refractivity contribution in [2.75, 3.05) is 5.32 Å². The van der Waals surface area contributed by atoms with E-state index in [0.717, 1.165) is 10.5 Å². The van der Waals surface area contributed by atoms with E-state index in [2.05, 4.69) is 33.9 Å². The Balaban J connectivity index is 2.26. The summed E-state index contributed by atoms with van der Waals surface area (Å²) in [6.07, 6.45) is 0. The number of halogens is 2. The molecule has 0 unspecified atom stereocenters. The van der Waals surface area contributed by atoms with Gasteiger partial charge >= 0.3 is 0 Å². The Hall–Kier alpha value is -1.84. The first kappa shape index (κ1) is 14.6. The van der Waals surface area contributed by atoms with Crippen molar-refractivity contribution >= 4 is 40.2 Å². The number of anilines is 1. The minimum atomic E-state index is -0.621. The molecule has 0 bridgehead atoms. The summed E-state index contributed by atoms with van der Waals surface area (Å²) in [5, 5.41) is 11.3. The third-order valence-electron chi connectivity index (χ3n) is 2.55. The average Bonchev–Trinajstić information content (AvgIpc) is 2.40. The predicted octanol–water partition coefficient (Wildman–Crippen LogP) is 4.00. The van der Waals surface area contributed by atoms with E-state index in [1.54, 1.807) is 24.3 Å². The quantitative estimate of drug-likeness (QED) is 0.804. The minimum absolute atomic E-state index is 0.121. The molecule has 3 nitrogen and oxygen atoms in total. The smallest absolute Gasteiger partial charge is 0.256 e. The van der Waals surface area contributed by atoms with Gasteiger partial charge in [0.05, 0.1) is 11.1 Å². The first-order valence-electron chi connectivity index (χ1n) is 5.51. The van der Waals surface area contributed by atoms with Gasteiger partial charge in [0.2, 0.25) is 0 Å². The lowest BCUT2D eigenvalue weighted by Crippen LogP contribution is -2.12. The van der Waals surface area contributed by atoms with Gasteiger partial charge in [-0.3, -0.25) is 4.79 Å². The SMILES string of the molecule is N#Cc1cc(NC(=O)c2ccc(Br)cc2S)ccc1F. The topological polar surface area (TPSA) is 52.9 Å². The molecule has 0 heterocycles. The average molecular weight is 351 g/mol. The predicted molar refractivity (Wildman–Crippen MR) is 80.5 cm³/mol. The summed E-state index contributed by atoms with van der Waals surface area (Å²) in [6, 6.07) is 10.6. The maximum Gasteiger partial charge on any atom is 0.256 e. The minimum Gasteiger partial charge on any atom is -0.322 e. The molecule has 0 aromatic heterocycles. The summed E-state index contributed by atoms with van der Waals surface area (Å²) >= 11 is 7.51. The maximum atomic E-state index is 13.2. The lowest BCUT2D eigenvalue weighted by atomic mass is 10.1. The zero-order valence-electron chi connectivity index (χ0n) is 10.0. The van der Waals surface area contributed by atoms with Crippen LogP contribution in [0.5, 0.6) is 0 Å². The summed E-state index contributed by atoms with van der Waals surface area (Å²) in [5.41, 5.74) is 0.618. The van der Waals surface area contributed by atoms with Crippen LogP contribution in [0.1, 0.15) is 15.9 Å². The van der Waals surface area contributed by atoms with Gasteiger partial charge in [0, 0.05) is 15.1 Å². The van der Waals surface area contributed by atoms with Crippen molar-refractivity contribution in [3.8, 4) is 6.07 Å². The van der Waals surface area contributed by atoms with Crippen LogP contribution in [0.3, 0.4) is 0 Å². The van der Waals surface area contributed by atoms with E-state index < -0.39 is 5.82 Å². The first-order chi connectivity index (χ1) is 9.51. The molecular weight excluding hydrogens is 343 g/mol. The molecule has 0 atom stereocenters. The Bertz CT molecular complexity index is 728. The van der Waals surface area contributed by atoms with Crippen molar-refractivity contribution < 1.29 is 9.18 Å². The number of hydrogen-bond acceptors (Lipinski definition) is 3. The van der Waals surface area contributed by atoms with Crippen LogP contribution in [0.4, 0.5) is 10.1 Å². The summed E-state index contributed by atoms with van der Waals surface area (Å²) in [5.74, 6) is -0.998. The summed E-state index contributed by atoms with van der Waals surface area (Å²) < 4.78 is 14.0. The molecule has 1 amide bonds. The molecule has 2 aromatic carbocycles. The molecule has 2 rings (SSSR count). The lowest BCUT2D eigenvalue weighted by molar-refractivity contribution is 0.102. The Morgan fingerprint density at radius 1 is 1.30 bits per heavy atom. The maximum absolute atomic E-state index is 13.2. The number of nitriles is 1. The monoisotopic (exact) mass is 350 g/mol. The van der Waals surface area contributed by atoms with E-state index in [1.165, 1.54) is 12.1 Å². The van der Waals surface area contributed by atoms with Gasteiger partial charge in [-0.05, 0) is 36.4 Å². The van der Waals surface area contributed by atoms with Crippen LogP contribution >= 0.6 is 28.6 Å². The molecule has 100 valence electrons. The number of carbonyl (C=O) groups is 1. The van der Waals surface area contributed by atoms with Crippen molar-refractivity contribution in [3.63, 3.8) is 0 Å². The molecule has 0 radical (unpaired) electrons. The van der Waals surface area contributed by atoms with E-state index in [1.807, 2.05) is 0 Å². The van der Waals surface area contributed by atoms with Crippen LogP contribution in [0.2, 0.25) is 0 Å². The van der Waals surface area contributed by atoms with E-state index in [4.69, 9.17) is 5.26 Å². The normalized spacial score (nSPS) is 9.90. The highest BCUT2D eigenvalue weighted by Gasteiger charge is 2.11. The molecule has 0 aliphatic heterocycles. The Morgan fingerprint density at radius 3 is 2.70 bits per heavy atom. The second-order valence-corrected chi connectivity index (χ2v) is 5.32. The number of nitrogens with zero attached hydrogens (tertiary/aromatic N) is 1. The fourth-order valence-electron chi connectivity index (χ4n) is 1.58. The van der Waals surface area contributed by atoms with Gasteiger partial charge in [-0.2, -0.15) is 5.26 Å².